The van der Waals surface area contributed by atoms with Crippen LogP contribution in [0.1, 0.15) is 101 Å². The number of hydrogen-bond donors (Lipinski definition) is 3. The molecule has 3 N–H and O–H groups in total. The number of nitrogens with one attached hydrogen (secondary N) is 1. The van der Waals surface area contributed by atoms with E-state index in [0.29, 0.717) is 53.8 Å². The lowest BCUT2D eigenvalue weighted by atomic mass is 9.53. The van der Waals surface area contributed by atoms with E-state index < -0.39 is 7.12 Å². The van der Waals surface area contributed by atoms with E-state index in [1.165, 1.54) is 30.4 Å². The summed E-state index contributed by atoms with van der Waals surface area (Å²) in [5.74, 6) is 2.37. The highest BCUT2D eigenvalue weighted by Gasteiger charge is 2.58. The van der Waals surface area contributed by atoms with Crippen LogP contribution in [0.3, 0.4) is 0 Å². The smallest absolute Gasteiger partial charge is 0.423 e. The van der Waals surface area contributed by atoms with Gasteiger partial charge < -0.3 is 15.4 Å². The van der Waals surface area contributed by atoms with Gasteiger partial charge in [-0.25, -0.2) is 0 Å². The molecule has 1 aromatic rings. The highest BCUT2D eigenvalue weighted by molar-refractivity contribution is 6.58. The summed E-state index contributed by atoms with van der Waals surface area (Å²) in [6, 6.07) is 6.28. The maximum atomic E-state index is 13.2. The fourth-order valence-corrected chi connectivity index (χ4v) is 8.16. The molecule has 0 bridgehead atoms. The third-order valence-corrected chi connectivity index (χ3v) is 9.84. The average Bonchev–Trinajstić information content (AvgIpc) is 3.09. The minimum Gasteiger partial charge on any atom is -0.423 e. The van der Waals surface area contributed by atoms with E-state index in [-0.39, 0.29) is 11.3 Å². The number of benzene rings is 1. The first-order valence-corrected chi connectivity index (χ1v) is 13.7. The molecule has 0 aliphatic heterocycles. The Kier molecular flexibility index (Phi) is 6.92. The third kappa shape index (κ3) is 4.48. The lowest BCUT2D eigenvalue weighted by Crippen LogP contribution is -2.44. The molecule has 0 aromatic heterocycles. The molecule has 0 spiro atoms. The summed E-state index contributed by atoms with van der Waals surface area (Å²) in [5, 5.41) is 22.4. The Hall–Kier alpha value is -1.66. The van der Waals surface area contributed by atoms with Crippen molar-refractivity contribution >= 4 is 24.3 Å². The second-order valence-corrected chi connectivity index (χ2v) is 11.8. The molecule has 5 atom stereocenters. The van der Waals surface area contributed by atoms with Crippen molar-refractivity contribution < 1.29 is 19.6 Å². The van der Waals surface area contributed by atoms with Crippen molar-refractivity contribution in [2.75, 3.05) is 0 Å². The summed E-state index contributed by atoms with van der Waals surface area (Å²) >= 11 is 0. The maximum Gasteiger partial charge on any atom is 0.488 e. The van der Waals surface area contributed by atoms with Crippen LogP contribution >= 0.6 is 0 Å². The van der Waals surface area contributed by atoms with Crippen LogP contribution in [0.5, 0.6) is 0 Å². The van der Waals surface area contributed by atoms with Crippen molar-refractivity contribution in [3.8, 4) is 0 Å². The lowest BCUT2D eigenvalue weighted by Gasteiger charge is -2.50. The van der Waals surface area contributed by atoms with Crippen LogP contribution in [-0.4, -0.2) is 34.9 Å². The van der Waals surface area contributed by atoms with Crippen LogP contribution in [0.25, 0.3) is 0 Å². The van der Waals surface area contributed by atoms with Crippen LogP contribution in [-0.2, 0) is 16.0 Å². The highest BCUT2D eigenvalue weighted by atomic mass is 16.4. The number of ketones is 1. The molecule has 1 aromatic carbocycles. The number of aryl methyl sites for hydroxylation is 1. The number of amides is 1. The molecule has 1 amide bonds. The molecule has 0 radical (unpaired) electrons. The summed E-state index contributed by atoms with van der Waals surface area (Å²) in [7, 11) is -1.43. The first-order valence-electron chi connectivity index (χ1n) is 13.7. The fourth-order valence-electron chi connectivity index (χ4n) is 8.16. The average molecular weight is 465 g/mol. The van der Waals surface area contributed by atoms with E-state index in [0.717, 1.165) is 51.4 Å². The molecule has 4 aliphatic rings. The number of rotatable bonds is 6. The van der Waals surface area contributed by atoms with Crippen LogP contribution in [0, 0.1) is 23.2 Å². The maximum absolute atomic E-state index is 13.2. The molecular formula is C28H40BNO4. The summed E-state index contributed by atoms with van der Waals surface area (Å²) in [4.78, 5) is 25.7. The third-order valence-electron chi connectivity index (χ3n) is 9.84. The van der Waals surface area contributed by atoms with Crippen molar-refractivity contribution in [1.29, 1.82) is 0 Å². The lowest BCUT2D eigenvalue weighted by molar-refractivity contribution is -0.129. The largest absolute Gasteiger partial charge is 0.488 e. The van der Waals surface area contributed by atoms with Gasteiger partial charge in [0, 0.05) is 24.3 Å². The number of carbonyl (C=O) groups excluding carboxylic acids is 2. The Bertz CT molecular complexity index is 927. The number of carbonyl (C=O) groups is 2. The summed E-state index contributed by atoms with van der Waals surface area (Å²) < 4.78 is 0. The first-order chi connectivity index (χ1) is 16.4. The fraction of sp³-hybridized carbons (Fsp3) is 0.714. The number of Topliss-reactive ketones (excluding diaryl/α,β-unsaturated/α-hetero) is 1. The molecule has 5 rings (SSSR count). The van der Waals surface area contributed by atoms with E-state index in [1.54, 1.807) is 0 Å². The van der Waals surface area contributed by atoms with Gasteiger partial charge in [-0.1, -0.05) is 44.4 Å². The Labute approximate surface area is 204 Å². The minimum atomic E-state index is -1.43. The Morgan fingerprint density at radius 1 is 1.15 bits per heavy atom. The molecule has 3 saturated carbocycles. The highest BCUT2D eigenvalue weighted by Crippen LogP contribution is 2.62. The second kappa shape index (κ2) is 9.77. The van der Waals surface area contributed by atoms with Crippen LogP contribution in [0.2, 0.25) is 0 Å². The normalized spacial score (nSPS) is 33.1. The van der Waals surface area contributed by atoms with Gasteiger partial charge in [-0.05, 0) is 91.6 Å². The Morgan fingerprint density at radius 3 is 2.71 bits per heavy atom. The van der Waals surface area contributed by atoms with Crippen LogP contribution < -0.4 is 10.8 Å². The molecule has 3 unspecified atom stereocenters. The predicted octanol–water partition coefficient (Wildman–Crippen LogP) is 3.64. The predicted molar refractivity (Wildman–Crippen MR) is 134 cm³/mol. The van der Waals surface area contributed by atoms with E-state index in [1.807, 2.05) is 12.1 Å². The van der Waals surface area contributed by atoms with E-state index in [2.05, 4.69) is 18.3 Å². The van der Waals surface area contributed by atoms with Crippen molar-refractivity contribution in [3.05, 3.63) is 29.3 Å². The molecule has 5 nitrogen and oxygen atoms in total. The molecule has 0 heterocycles. The van der Waals surface area contributed by atoms with Crippen LogP contribution in [0.15, 0.2) is 18.2 Å². The molecule has 4 aliphatic carbocycles. The Balaban J connectivity index is 1.25. The van der Waals surface area contributed by atoms with Crippen molar-refractivity contribution in [3.63, 3.8) is 0 Å². The minimum absolute atomic E-state index is 0.189. The van der Waals surface area contributed by atoms with E-state index in [9.17, 15) is 19.6 Å². The summed E-state index contributed by atoms with van der Waals surface area (Å²) in [5.41, 5.74) is 2.95. The van der Waals surface area contributed by atoms with Gasteiger partial charge in [-0.2, -0.15) is 0 Å². The van der Waals surface area contributed by atoms with Gasteiger partial charge in [0.1, 0.15) is 5.78 Å². The zero-order valence-electron chi connectivity index (χ0n) is 20.6. The number of fused-ring (bicyclic) bond motifs is 5. The van der Waals surface area contributed by atoms with Gasteiger partial charge in [-0.15, -0.1) is 0 Å². The summed E-state index contributed by atoms with van der Waals surface area (Å²) in [6.07, 6.45) is 13.1. The van der Waals surface area contributed by atoms with Crippen molar-refractivity contribution in [2.24, 2.45) is 23.2 Å². The van der Waals surface area contributed by atoms with Crippen LogP contribution in [0.4, 0.5) is 0 Å². The topological polar surface area (TPSA) is 86.6 Å². The second-order valence-electron chi connectivity index (χ2n) is 11.8. The van der Waals surface area contributed by atoms with Crippen molar-refractivity contribution in [1.82, 2.24) is 5.32 Å². The Morgan fingerprint density at radius 2 is 1.94 bits per heavy atom. The van der Waals surface area contributed by atoms with Gasteiger partial charge in [0.05, 0.1) is 0 Å². The molecule has 184 valence electrons. The quantitative estimate of drug-likeness (QED) is 0.560. The SMILES string of the molecule is C[C@]12CCC3c4ccc(B(O)O)cc4CCC3C1[C@@H](CCCC(=O)NC1CCCCC1)CC2=O. The van der Waals surface area contributed by atoms with Gasteiger partial charge in [0.25, 0.3) is 0 Å². The van der Waals surface area contributed by atoms with E-state index >= 15 is 0 Å². The zero-order chi connectivity index (χ0) is 23.9. The molecule has 6 heteroatoms. The molecule has 3 fully saturated rings. The standard InChI is InChI=1S/C28H40BNO4/c1-28-15-14-23-22-13-11-20(29(33)34)16-18(22)10-12-24(23)27(28)19(17-25(28)31)6-5-9-26(32)30-21-7-3-2-4-8-21/h11,13,16,19,21,23-24,27,33-34H,2-10,12,14-15,17H2,1H3,(H,30,32)/t19-,23?,24?,27?,28+/m0/s1. The van der Waals surface area contributed by atoms with Gasteiger partial charge in [-0.3, -0.25) is 9.59 Å². The van der Waals surface area contributed by atoms with E-state index in [4.69, 9.17) is 0 Å². The molecule has 34 heavy (non-hydrogen) atoms. The van der Waals surface area contributed by atoms with Crippen molar-refractivity contribution in [2.45, 2.75) is 102 Å². The number of hydrogen-bond acceptors (Lipinski definition) is 4. The zero-order valence-corrected chi connectivity index (χ0v) is 20.6. The van der Waals surface area contributed by atoms with Gasteiger partial charge >= 0.3 is 7.12 Å². The molecular weight excluding hydrogens is 425 g/mol. The first kappa shape index (κ1) is 24.1. The monoisotopic (exact) mass is 465 g/mol. The summed E-state index contributed by atoms with van der Waals surface area (Å²) in [6.45, 7) is 2.22. The van der Waals surface area contributed by atoms with Gasteiger partial charge in [0.2, 0.25) is 5.91 Å². The molecule has 0 saturated heterocycles. The van der Waals surface area contributed by atoms with Gasteiger partial charge in [0.15, 0.2) is 0 Å².